The summed E-state index contributed by atoms with van der Waals surface area (Å²) in [7, 11) is 1.29. The Morgan fingerprint density at radius 1 is 0.700 bits per heavy atom. The Balaban J connectivity index is 0.826. The van der Waals surface area contributed by atoms with Gasteiger partial charge in [-0.05, 0) is 113 Å². The average Bonchev–Trinajstić information content (AvgIpc) is 1.62. The minimum Gasteiger partial charge on any atom is -0.504 e. The van der Waals surface area contributed by atoms with Crippen LogP contribution >= 0.6 is 11.3 Å². The van der Waals surface area contributed by atoms with Crippen molar-refractivity contribution in [3.05, 3.63) is 65.4 Å². The van der Waals surface area contributed by atoms with Gasteiger partial charge in [-0.1, -0.05) is 67.9 Å². The van der Waals surface area contributed by atoms with Crippen molar-refractivity contribution in [3.63, 3.8) is 0 Å². The topological polar surface area (TPSA) is 436 Å². The van der Waals surface area contributed by atoms with Crippen LogP contribution in [0.1, 0.15) is 120 Å². The van der Waals surface area contributed by atoms with Crippen molar-refractivity contribution in [2.24, 2.45) is 11.8 Å². The quantitative estimate of drug-likeness (QED) is 0.0481. The van der Waals surface area contributed by atoms with E-state index in [2.05, 4.69) is 47.0 Å². The monoisotopic (exact) mass is 1410 g/mol. The number of piperidine rings is 1. The lowest BCUT2D eigenvalue weighted by atomic mass is 9.82. The zero-order valence-corrected chi connectivity index (χ0v) is 57.7. The standard InChI is InChI=1S/C69H99N13O17S/c1-37-33-82-59(60(37)91)64(95)72-32-46(86)27-50(71-29-39-9-12-42(13-10-39)65-78-79-66(100-65)43-16-14-41(15-17-43)44-30-73-69(74-31-44)80-23-20-49(21-24-80)99-48-7-5-4-6-8-48)61(92)75-56(38(2)85)67(96)81-34-47(87)28-51(81)62(93)76-57(54(90)25-40-11-18-52(88)55(26-40)98-3)63(94)77-58(68(82)97)53(89)19-22-70-45(35-83)36-84/h11,14-18,26,30-31,37-39,42,45-51,53-54,56-60,70-71,83-91H,4-10,12-13,19-25,27-29,32-36H2,1-3H3,(H,72,95)(H,75,92)(H,76,93)(H,77,94)/t37-,38+,39?,42?,46+,47+,50-,51-,53+,54+,56-,57-,58-,59-,60-/m0/s1. The molecule has 548 valence electrons. The van der Waals surface area contributed by atoms with Crippen LogP contribution in [0.25, 0.3) is 21.7 Å². The van der Waals surface area contributed by atoms with Gasteiger partial charge in [0.2, 0.25) is 41.4 Å². The molecule has 6 amide bonds. The highest BCUT2D eigenvalue weighted by Gasteiger charge is 2.50. The van der Waals surface area contributed by atoms with Crippen molar-refractivity contribution in [1.29, 1.82) is 0 Å². The summed E-state index contributed by atoms with van der Waals surface area (Å²) >= 11 is 1.53. The molecule has 0 bridgehead atoms. The molecule has 2 aromatic heterocycles. The van der Waals surface area contributed by atoms with Crippen molar-refractivity contribution in [2.45, 2.75) is 207 Å². The number of fused-ring (bicyclic) bond motifs is 2. The molecule has 2 saturated carbocycles. The molecule has 4 saturated heterocycles. The Bertz CT molecular complexity index is 3370. The molecule has 31 heteroatoms. The molecule has 4 aliphatic heterocycles. The Morgan fingerprint density at radius 3 is 2.04 bits per heavy atom. The van der Waals surface area contributed by atoms with Crippen LogP contribution in [0.3, 0.4) is 0 Å². The number of benzene rings is 2. The fraction of sp³-hybridized carbons (Fsp3) is 0.652. The molecule has 0 unspecified atom stereocenters. The van der Waals surface area contributed by atoms with Crippen molar-refractivity contribution in [3.8, 4) is 33.2 Å². The number of aliphatic hydroxyl groups is 8. The van der Waals surface area contributed by atoms with Crippen LogP contribution in [0, 0.1) is 11.8 Å². The van der Waals surface area contributed by atoms with Gasteiger partial charge in [0.1, 0.15) is 40.2 Å². The summed E-state index contributed by atoms with van der Waals surface area (Å²) in [6, 6.07) is 0.937. The summed E-state index contributed by atoms with van der Waals surface area (Å²) in [5.41, 5.74) is 3.07. The van der Waals surface area contributed by atoms with E-state index in [9.17, 15) is 74.7 Å². The van der Waals surface area contributed by atoms with Crippen LogP contribution in [0.5, 0.6) is 11.5 Å². The second-order valence-electron chi connectivity index (χ2n) is 27.8. The number of ether oxygens (including phenoxy) is 2. The minimum absolute atomic E-state index is 0.00337. The van der Waals surface area contributed by atoms with Crippen LogP contribution in [-0.2, 0) is 39.9 Å². The van der Waals surface area contributed by atoms with Gasteiger partial charge in [-0.2, -0.15) is 0 Å². The highest BCUT2D eigenvalue weighted by molar-refractivity contribution is 7.14. The number of aromatic hydroxyl groups is 1. The maximum atomic E-state index is 15.0. The smallest absolute Gasteiger partial charge is 0.248 e. The molecule has 0 spiro atoms. The van der Waals surface area contributed by atoms with E-state index in [1.54, 1.807) is 6.92 Å². The molecule has 10 rings (SSSR count). The maximum absolute atomic E-state index is 15.0. The molecule has 15 N–H and O–H groups in total. The Hall–Kier alpha value is -7.14. The normalized spacial score (nSPS) is 28.5. The molecule has 13 atom stereocenters. The van der Waals surface area contributed by atoms with E-state index in [4.69, 9.17) is 19.4 Å². The van der Waals surface area contributed by atoms with E-state index >= 15 is 0 Å². The number of aromatic nitrogens is 4. The first kappa shape index (κ1) is 75.5. The number of methoxy groups -OCH3 is 1. The number of hydrogen-bond donors (Lipinski definition) is 15. The predicted molar refractivity (Wildman–Crippen MR) is 365 cm³/mol. The number of nitrogens with one attached hydrogen (secondary N) is 6. The zero-order chi connectivity index (χ0) is 71.3. The highest BCUT2D eigenvalue weighted by atomic mass is 32.1. The van der Waals surface area contributed by atoms with E-state index in [0.717, 1.165) is 81.2 Å². The van der Waals surface area contributed by atoms with Crippen LogP contribution in [0.4, 0.5) is 5.95 Å². The number of β-amino-alcohol motifs (C(OH)–C–C–N with tert-alkyl or cyclic N) is 1. The third kappa shape index (κ3) is 18.9. The van der Waals surface area contributed by atoms with Gasteiger partial charge >= 0.3 is 0 Å². The number of anilines is 1. The van der Waals surface area contributed by atoms with Gasteiger partial charge in [-0.3, -0.25) is 28.8 Å². The van der Waals surface area contributed by atoms with Crippen molar-refractivity contribution in [1.82, 2.24) is 61.9 Å². The van der Waals surface area contributed by atoms with E-state index in [1.807, 2.05) is 36.7 Å². The van der Waals surface area contributed by atoms with Crippen molar-refractivity contribution in [2.75, 3.05) is 71.0 Å². The molecular formula is C69H99N13O17S. The van der Waals surface area contributed by atoms with Crippen LogP contribution in [0.15, 0.2) is 54.9 Å². The Morgan fingerprint density at radius 2 is 1.36 bits per heavy atom. The number of aliphatic hydroxyl groups excluding tert-OH is 8. The first-order chi connectivity index (χ1) is 48.1. The second kappa shape index (κ2) is 35.2. The number of rotatable bonds is 21. The Kier molecular flexibility index (Phi) is 26.6. The highest BCUT2D eigenvalue weighted by Crippen LogP contribution is 2.39. The number of hydrogen-bond acceptors (Lipinski definition) is 25. The Labute approximate surface area is 585 Å². The number of nitrogens with zero attached hydrogens (tertiary/aromatic N) is 7. The zero-order valence-electron chi connectivity index (χ0n) is 56.9. The maximum Gasteiger partial charge on any atom is 0.248 e. The summed E-state index contributed by atoms with van der Waals surface area (Å²) in [6.07, 6.45) is 4.15. The number of phenols is 1. The summed E-state index contributed by atoms with van der Waals surface area (Å²) in [5.74, 6) is -6.44. The number of carbonyl (C=O) groups is 6. The molecule has 6 fully saturated rings. The van der Waals surface area contributed by atoms with Crippen molar-refractivity contribution < 1.29 is 84.2 Å². The fourth-order valence-electron chi connectivity index (χ4n) is 14.5. The first-order valence-electron chi connectivity index (χ1n) is 35.2. The molecule has 30 nitrogen and oxygen atoms in total. The molecule has 4 aromatic rings. The van der Waals surface area contributed by atoms with E-state index in [0.29, 0.717) is 25.0 Å². The van der Waals surface area contributed by atoms with Gasteiger partial charge < -0.3 is 102 Å². The number of carbonyl (C=O) groups excluding carboxylic acids is 6. The summed E-state index contributed by atoms with van der Waals surface area (Å²) in [5, 5.41) is 126. The lowest BCUT2D eigenvalue weighted by Crippen LogP contribution is -2.64. The minimum atomic E-state index is -2.04. The summed E-state index contributed by atoms with van der Waals surface area (Å²) < 4.78 is 11.7. The molecular weight excluding hydrogens is 1310 g/mol. The molecule has 2 aromatic carbocycles. The van der Waals surface area contributed by atoms with E-state index < -0.39 is 159 Å². The lowest BCUT2D eigenvalue weighted by molar-refractivity contribution is -0.147. The fourth-order valence-corrected chi connectivity index (χ4v) is 15.5. The SMILES string of the molecule is COc1cc(C[C@@H](O)[C@@H]2NC(=O)[C@@H]3C[C@@H](O)CN3C(=O)[C@H]([C@@H](C)O)NC(=O)[C@@H](NCC3CCC(c4nnc(-c5ccc(-c6cnc(N7CCC(OC8CCCCC8)CC7)nc6)cc5)s4)CC3)C[C@@H](O)CNC(=O)[C@@H]3[C@@H](O)[C@@H](C)CN3C(=O)[C@H]([C@H](O)CCNC(CO)CO)NC2=O)ccc1O. The molecule has 6 heterocycles. The molecule has 100 heavy (non-hydrogen) atoms. The van der Waals surface area contributed by atoms with Gasteiger partial charge in [0.15, 0.2) is 11.5 Å². The lowest BCUT2D eigenvalue weighted by Gasteiger charge is -2.34. The largest absolute Gasteiger partial charge is 0.504 e. The first-order valence-corrected chi connectivity index (χ1v) is 36.0. The summed E-state index contributed by atoms with van der Waals surface area (Å²) in [4.78, 5) is 102. The number of phenolic OH excluding ortho intramolecular Hbond substituents is 1. The molecule has 0 radical (unpaired) electrons. The predicted octanol–water partition coefficient (Wildman–Crippen LogP) is -0.891. The van der Waals surface area contributed by atoms with Crippen LogP contribution in [0.2, 0.25) is 0 Å². The molecule has 2 aliphatic carbocycles. The van der Waals surface area contributed by atoms with Gasteiger partial charge in [-0.15, -0.1) is 10.2 Å². The second-order valence-corrected chi connectivity index (χ2v) is 28.8. The van der Waals surface area contributed by atoms with Crippen molar-refractivity contribution >= 4 is 52.7 Å². The van der Waals surface area contributed by atoms with Gasteiger partial charge in [0, 0.05) is 80.9 Å². The average molecular weight is 1410 g/mol. The van der Waals surface area contributed by atoms with Crippen LogP contribution < -0.4 is 41.5 Å². The van der Waals surface area contributed by atoms with Gasteiger partial charge in [0.25, 0.3) is 0 Å². The van der Waals surface area contributed by atoms with Gasteiger partial charge in [-0.25, -0.2) is 9.97 Å². The van der Waals surface area contributed by atoms with Crippen LogP contribution in [-0.4, -0.2) is 269 Å². The summed E-state index contributed by atoms with van der Waals surface area (Å²) in [6.45, 7) is 2.32. The van der Waals surface area contributed by atoms with E-state index in [1.165, 1.54) is 75.7 Å². The molecule has 6 aliphatic rings. The van der Waals surface area contributed by atoms with E-state index in [-0.39, 0.29) is 61.4 Å². The third-order valence-electron chi connectivity index (χ3n) is 20.5. The third-order valence-corrected chi connectivity index (χ3v) is 21.6. The number of amides is 6. The van der Waals surface area contributed by atoms with Gasteiger partial charge in [0.05, 0.1) is 81.2 Å².